The van der Waals surface area contributed by atoms with Gasteiger partial charge in [-0.15, -0.1) is 0 Å². The van der Waals surface area contributed by atoms with Gasteiger partial charge in [0.2, 0.25) is 0 Å². The van der Waals surface area contributed by atoms with Crippen LogP contribution in [0.1, 0.15) is 24.5 Å². The molecule has 1 saturated heterocycles. The number of methoxy groups -OCH3 is 2. The van der Waals surface area contributed by atoms with Gasteiger partial charge < -0.3 is 24.8 Å². The maximum absolute atomic E-state index is 10.4. The van der Waals surface area contributed by atoms with Gasteiger partial charge in [-0.1, -0.05) is 0 Å². The van der Waals surface area contributed by atoms with Crippen LogP contribution in [0.15, 0.2) is 18.2 Å². The minimum absolute atomic E-state index is 0.489. The lowest BCUT2D eigenvalue weighted by molar-refractivity contribution is 0.157. The number of hydrogen-bond donors (Lipinski definition) is 2. The molecule has 1 fully saturated rings. The molecule has 1 aliphatic rings. The molecule has 0 radical (unpaired) electrons. The third kappa shape index (κ3) is 4.59. The Morgan fingerprint density at radius 3 is 2.29 bits per heavy atom. The summed E-state index contributed by atoms with van der Waals surface area (Å²) in [5, 5.41) is 13.8. The lowest BCUT2D eigenvalue weighted by Crippen LogP contribution is -2.42. The van der Waals surface area contributed by atoms with Crippen LogP contribution in [0, 0.1) is 0 Å². The molecular weight excluding hydrogens is 268 g/mol. The monoisotopic (exact) mass is 294 g/mol. The number of piperidine rings is 1. The number of ether oxygens (including phenoxy) is 2. The zero-order valence-corrected chi connectivity index (χ0v) is 13.1. The van der Waals surface area contributed by atoms with E-state index < -0.39 is 6.10 Å². The van der Waals surface area contributed by atoms with Crippen molar-refractivity contribution in [1.29, 1.82) is 0 Å². The van der Waals surface area contributed by atoms with Gasteiger partial charge >= 0.3 is 0 Å². The minimum atomic E-state index is -0.561. The first-order valence-electron chi connectivity index (χ1n) is 7.45. The van der Waals surface area contributed by atoms with Crippen LogP contribution < -0.4 is 14.8 Å². The van der Waals surface area contributed by atoms with Gasteiger partial charge in [0.05, 0.1) is 20.3 Å². The van der Waals surface area contributed by atoms with Crippen LogP contribution in [0.2, 0.25) is 0 Å². The quantitative estimate of drug-likeness (QED) is 0.831. The molecule has 1 aromatic rings. The minimum Gasteiger partial charge on any atom is -0.497 e. The number of nitrogens with zero attached hydrogens (tertiary/aromatic N) is 1. The molecule has 1 aliphatic heterocycles. The maximum Gasteiger partial charge on any atom is 0.122 e. The smallest absolute Gasteiger partial charge is 0.122 e. The zero-order chi connectivity index (χ0) is 15.2. The number of benzene rings is 1. The summed E-state index contributed by atoms with van der Waals surface area (Å²) in [6.45, 7) is 2.77. The Balaban J connectivity index is 1.92. The van der Waals surface area contributed by atoms with Crippen molar-refractivity contribution in [3.63, 3.8) is 0 Å². The molecule has 0 amide bonds. The Kier molecular flexibility index (Phi) is 5.85. The molecule has 1 heterocycles. The van der Waals surface area contributed by atoms with Gasteiger partial charge in [-0.2, -0.15) is 0 Å². The zero-order valence-electron chi connectivity index (χ0n) is 13.1. The van der Waals surface area contributed by atoms with Gasteiger partial charge in [0.1, 0.15) is 11.5 Å². The van der Waals surface area contributed by atoms with Crippen molar-refractivity contribution >= 4 is 0 Å². The number of nitrogens with one attached hydrogen (secondary N) is 1. The molecule has 0 bridgehead atoms. The standard InChI is InChI=1S/C16H26N2O3/c1-18-6-4-13(5-7-18)17-11-16(19)12-8-14(20-2)10-15(9-12)21-3/h8-10,13,16-17,19H,4-7,11H2,1-3H3. The van der Waals surface area contributed by atoms with E-state index in [2.05, 4.69) is 17.3 Å². The van der Waals surface area contributed by atoms with Crippen molar-refractivity contribution in [2.75, 3.05) is 40.9 Å². The van der Waals surface area contributed by atoms with Crippen molar-refractivity contribution in [1.82, 2.24) is 10.2 Å². The number of rotatable bonds is 6. The molecule has 0 saturated carbocycles. The van der Waals surface area contributed by atoms with E-state index in [-0.39, 0.29) is 0 Å². The van der Waals surface area contributed by atoms with E-state index in [0.29, 0.717) is 24.1 Å². The fourth-order valence-corrected chi connectivity index (χ4v) is 2.63. The highest BCUT2D eigenvalue weighted by Gasteiger charge is 2.18. The van der Waals surface area contributed by atoms with Gasteiger partial charge in [0, 0.05) is 18.7 Å². The van der Waals surface area contributed by atoms with E-state index in [4.69, 9.17) is 9.47 Å². The van der Waals surface area contributed by atoms with Crippen molar-refractivity contribution in [3.05, 3.63) is 23.8 Å². The topological polar surface area (TPSA) is 54.0 Å². The molecule has 1 unspecified atom stereocenters. The van der Waals surface area contributed by atoms with Gasteiger partial charge in [-0.25, -0.2) is 0 Å². The molecular formula is C16H26N2O3. The average Bonchev–Trinajstić information content (AvgIpc) is 2.53. The summed E-state index contributed by atoms with van der Waals surface area (Å²) >= 11 is 0. The van der Waals surface area contributed by atoms with Crippen LogP contribution in [0.25, 0.3) is 0 Å². The lowest BCUT2D eigenvalue weighted by Gasteiger charge is -2.30. The van der Waals surface area contributed by atoms with Gasteiger partial charge in [0.25, 0.3) is 0 Å². The number of aliphatic hydroxyl groups excluding tert-OH is 1. The van der Waals surface area contributed by atoms with Crippen molar-refractivity contribution < 1.29 is 14.6 Å². The fraction of sp³-hybridized carbons (Fsp3) is 0.625. The lowest BCUT2D eigenvalue weighted by atomic mass is 10.0. The summed E-state index contributed by atoms with van der Waals surface area (Å²) in [7, 11) is 5.37. The van der Waals surface area contributed by atoms with Crippen LogP contribution in [0.5, 0.6) is 11.5 Å². The summed E-state index contributed by atoms with van der Waals surface area (Å²) in [5.41, 5.74) is 0.812. The first-order valence-corrected chi connectivity index (χ1v) is 7.45. The third-order valence-electron chi connectivity index (χ3n) is 4.08. The molecule has 21 heavy (non-hydrogen) atoms. The first kappa shape index (κ1) is 16.1. The molecule has 2 N–H and O–H groups in total. The normalized spacial score (nSPS) is 18.5. The molecule has 5 heteroatoms. The van der Waals surface area contributed by atoms with Crippen molar-refractivity contribution in [3.8, 4) is 11.5 Å². The highest BCUT2D eigenvalue weighted by molar-refractivity contribution is 5.39. The van der Waals surface area contributed by atoms with E-state index in [1.54, 1.807) is 20.3 Å². The second-order valence-electron chi connectivity index (χ2n) is 5.65. The molecule has 1 atom stereocenters. The molecule has 0 spiro atoms. The average molecular weight is 294 g/mol. The summed E-state index contributed by atoms with van der Waals surface area (Å²) < 4.78 is 10.5. The second-order valence-corrected chi connectivity index (χ2v) is 5.65. The van der Waals surface area contributed by atoms with E-state index in [9.17, 15) is 5.11 Å². The van der Waals surface area contributed by atoms with Crippen molar-refractivity contribution in [2.45, 2.75) is 25.0 Å². The van der Waals surface area contributed by atoms with Crippen LogP contribution >= 0.6 is 0 Å². The Morgan fingerprint density at radius 2 is 1.76 bits per heavy atom. The van der Waals surface area contributed by atoms with Crippen LogP contribution in [0.4, 0.5) is 0 Å². The highest BCUT2D eigenvalue weighted by Crippen LogP contribution is 2.26. The summed E-state index contributed by atoms with van der Waals surface area (Å²) in [6.07, 6.45) is 1.70. The fourth-order valence-electron chi connectivity index (χ4n) is 2.63. The summed E-state index contributed by atoms with van der Waals surface area (Å²) in [5.74, 6) is 1.39. The Labute approximate surface area is 126 Å². The van der Waals surface area contributed by atoms with Gasteiger partial charge in [-0.05, 0) is 50.7 Å². The molecule has 118 valence electrons. The summed E-state index contributed by atoms with van der Waals surface area (Å²) in [6, 6.07) is 6.00. The SMILES string of the molecule is COc1cc(OC)cc(C(O)CNC2CCN(C)CC2)c1. The molecule has 0 aromatic heterocycles. The van der Waals surface area contributed by atoms with Crippen molar-refractivity contribution in [2.24, 2.45) is 0 Å². The number of aliphatic hydroxyl groups is 1. The maximum atomic E-state index is 10.4. The second kappa shape index (κ2) is 7.64. The van der Waals surface area contributed by atoms with Gasteiger partial charge in [0.15, 0.2) is 0 Å². The highest BCUT2D eigenvalue weighted by atomic mass is 16.5. The molecule has 0 aliphatic carbocycles. The first-order chi connectivity index (χ1) is 10.1. The van der Waals surface area contributed by atoms with Gasteiger partial charge in [-0.3, -0.25) is 0 Å². The summed E-state index contributed by atoms with van der Waals surface area (Å²) in [4.78, 5) is 2.33. The van der Waals surface area contributed by atoms with Crippen LogP contribution in [0.3, 0.4) is 0 Å². The predicted molar refractivity (Wildman–Crippen MR) is 83.0 cm³/mol. The predicted octanol–water partition coefficient (Wildman–Crippen LogP) is 1.42. The molecule has 2 rings (SSSR count). The number of hydrogen-bond acceptors (Lipinski definition) is 5. The van der Waals surface area contributed by atoms with Crippen LogP contribution in [-0.4, -0.2) is 56.9 Å². The van der Waals surface area contributed by atoms with Crippen LogP contribution in [-0.2, 0) is 0 Å². The van der Waals surface area contributed by atoms with E-state index in [0.717, 1.165) is 31.5 Å². The Hall–Kier alpha value is -1.30. The largest absolute Gasteiger partial charge is 0.497 e. The van der Waals surface area contributed by atoms with E-state index >= 15 is 0 Å². The van der Waals surface area contributed by atoms with E-state index in [1.807, 2.05) is 12.1 Å². The molecule has 1 aromatic carbocycles. The Bertz CT molecular complexity index is 423. The third-order valence-corrected chi connectivity index (χ3v) is 4.08. The Morgan fingerprint density at radius 1 is 1.19 bits per heavy atom. The number of likely N-dealkylation sites (tertiary alicyclic amines) is 1. The molecule has 5 nitrogen and oxygen atoms in total. The van der Waals surface area contributed by atoms with E-state index in [1.165, 1.54) is 0 Å².